The van der Waals surface area contributed by atoms with Crippen LogP contribution in [0.5, 0.6) is 28.7 Å². The zero-order valence-electron chi connectivity index (χ0n) is 26.5. The molecule has 0 unspecified atom stereocenters. The standard InChI is InChI=1S/C33H24O16/c1-10-7-15-8-16-24(27(44-12(3)35)19(15)32(40)42-10)48-33(31-25(16)47-31)30(46-14(5)37)22-26(43-11(2)34)20-17(38)9-18(41-6)23(39)21(20)28(29(22)49-33)45-13(4)36/h7-9,25,30-31H,1-6H3/t25-,30-,31-,33+/m1/s1. The molecule has 0 amide bonds. The lowest BCUT2D eigenvalue weighted by Crippen LogP contribution is -2.52. The number of fused-ring (bicyclic) bond motifs is 7. The summed E-state index contributed by atoms with van der Waals surface area (Å²) in [5.74, 6) is -10.1. The minimum absolute atomic E-state index is 0.167. The van der Waals surface area contributed by atoms with Crippen LogP contribution in [0.25, 0.3) is 10.8 Å². The second-order valence-corrected chi connectivity index (χ2v) is 11.5. The molecule has 16 nitrogen and oxygen atoms in total. The highest BCUT2D eigenvalue weighted by Gasteiger charge is 2.73. The van der Waals surface area contributed by atoms with Crippen molar-refractivity contribution in [2.24, 2.45) is 0 Å². The molecule has 0 radical (unpaired) electrons. The van der Waals surface area contributed by atoms with Gasteiger partial charge in [-0.25, -0.2) is 4.79 Å². The van der Waals surface area contributed by atoms with E-state index in [2.05, 4.69) is 0 Å². The maximum atomic E-state index is 13.7. The van der Waals surface area contributed by atoms with Crippen LogP contribution in [0.4, 0.5) is 0 Å². The Balaban J connectivity index is 1.54. The van der Waals surface area contributed by atoms with Crippen molar-refractivity contribution in [2.75, 3.05) is 7.11 Å². The number of Topliss-reactive ketones (excluding diaryl/α,β-unsaturated/α-hetero) is 1. The van der Waals surface area contributed by atoms with Crippen molar-refractivity contribution in [3.8, 4) is 28.7 Å². The molecule has 7 rings (SSSR count). The van der Waals surface area contributed by atoms with E-state index in [9.17, 15) is 33.6 Å². The molecule has 49 heavy (non-hydrogen) atoms. The first kappa shape index (κ1) is 31.6. The van der Waals surface area contributed by atoms with Crippen molar-refractivity contribution in [3.05, 3.63) is 62.4 Å². The molecule has 1 saturated heterocycles. The van der Waals surface area contributed by atoms with Crippen LogP contribution >= 0.6 is 0 Å². The van der Waals surface area contributed by atoms with Crippen LogP contribution in [-0.4, -0.2) is 54.4 Å². The molecule has 0 N–H and O–H groups in total. The summed E-state index contributed by atoms with van der Waals surface area (Å²) in [7, 11) is 1.14. The lowest BCUT2D eigenvalue weighted by atomic mass is 9.86. The first-order valence-electron chi connectivity index (χ1n) is 14.6. The maximum absolute atomic E-state index is 13.7. The summed E-state index contributed by atoms with van der Waals surface area (Å²) in [6.07, 6.45) is -2.92. The molecule has 1 spiro atoms. The predicted molar refractivity (Wildman–Crippen MR) is 157 cm³/mol. The molecule has 0 saturated carbocycles. The number of ketones is 2. The average Bonchev–Trinajstić information content (AvgIpc) is 3.75. The summed E-state index contributed by atoms with van der Waals surface area (Å²) < 4.78 is 51.5. The number of epoxide rings is 1. The highest BCUT2D eigenvalue weighted by molar-refractivity contribution is 6.27. The van der Waals surface area contributed by atoms with Crippen molar-refractivity contribution >= 4 is 46.2 Å². The van der Waals surface area contributed by atoms with Crippen LogP contribution < -0.4 is 29.3 Å². The smallest absolute Gasteiger partial charge is 0.347 e. The van der Waals surface area contributed by atoms with E-state index in [1.807, 2.05) is 0 Å². The van der Waals surface area contributed by atoms with Crippen molar-refractivity contribution in [2.45, 2.75) is 58.7 Å². The van der Waals surface area contributed by atoms with Crippen LogP contribution in [0.3, 0.4) is 0 Å². The summed E-state index contributed by atoms with van der Waals surface area (Å²) >= 11 is 0. The van der Waals surface area contributed by atoms with Gasteiger partial charge in [0, 0.05) is 39.3 Å². The molecule has 1 aliphatic carbocycles. The van der Waals surface area contributed by atoms with Gasteiger partial charge in [0.15, 0.2) is 46.4 Å². The van der Waals surface area contributed by atoms with E-state index < -0.39 is 99.3 Å². The maximum Gasteiger partial charge on any atom is 0.347 e. The number of aryl methyl sites for hydroxylation is 1. The van der Waals surface area contributed by atoms with E-state index in [4.69, 9.17) is 42.3 Å². The van der Waals surface area contributed by atoms with Gasteiger partial charge in [0.2, 0.25) is 11.9 Å². The Morgan fingerprint density at radius 3 is 2.06 bits per heavy atom. The van der Waals surface area contributed by atoms with E-state index in [0.717, 1.165) is 40.9 Å². The Bertz CT molecular complexity index is 2210. The third-order valence-corrected chi connectivity index (χ3v) is 8.06. The second kappa shape index (κ2) is 10.7. The number of benzene rings is 2. The predicted octanol–water partition coefficient (Wildman–Crippen LogP) is 3.01. The van der Waals surface area contributed by atoms with Gasteiger partial charge in [-0.2, -0.15) is 0 Å². The molecule has 4 atom stereocenters. The van der Waals surface area contributed by atoms with Gasteiger partial charge in [-0.15, -0.1) is 0 Å². The fraction of sp³-hybridized carbons (Fsp3) is 0.303. The van der Waals surface area contributed by atoms with Crippen LogP contribution in [0.15, 0.2) is 33.2 Å². The van der Waals surface area contributed by atoms with Gasteiger partial charge < -0.3 is 42.3 Å². The molecular formula is C33H24O16. The molecule has 3 aromatic rings. The minimum Gasteiger partial charge on any atom is -0.492 e. The number of esters is 4. The van der Waals surface area contributed by atoms with E-state index in [0.29, 0.717) is 10.9 Å². The zero-order valence-corrected chi connectivity index (χ0v) is 26.5. The number of rotatable bonds is 5. The van der Waals surface area contributed by atoms with Gasteiger partial charge in [-0.1, -0.05) is 0 Å². The Labute approximate surface area is 274 Å². The van der Waals surface area contributed by atoms with Crippen molar-refractivity contribution in [3.63, 3.8) is 0 Å². The van der Waals surface area contributed by atoms with Crippen molar-refractivity contribution < 1.29 is 71.1 Å². The van der Waals surface area contributed by atoms with Crippen LogP contribution in [-0.2, 0) is 33.4 Å². The topological polar surface area (TPSA) is 210 Å². The highest BCUT2D eigenvalue weighted by Crippen LogP contribution is 2.67. The Kier molecular flexibility index (Phi) is 6.92. The van der Waals surface area contributed by atoms with Crippen molar-refractivity contribution in [1.29, 1.82) is 0 Å². The summed E-state index contributed by atoms with van der Waals surface area (Å²) in [6, 6.07) is 3.12. The lowest BCUT2D eigenvalue weighted by Gasteiger charge is -2.36. The summed E-state index contributed by atoms with van der Waals surface area (Å²) in [4.78, 5) is 90.4. The number of carbonyl (C=O) groups is 6. The van der Waals surface area contributed by atoms with E-state index in [1.165, 1.54) is 0 Å². The van der Waals surface area contributed by atoms with E-state index in [1.54, 1.807) is 19.1 Å². The molecular weight excluding hydrogens is 652 g/mol. The van der Waals surface area contributed by atoms with Gasteiger partial charge >= 0.3 is 35.3 Å². The first-order valence-corrected chi connectivity index (χ1v) is 14.6. The van der Waals surface area contributed by atoms with Crippen molar-refractivity contribution in [1.82, 2.24) is 0 Å². The normalized spacial score (nSPS) is 22.4. The number of allylic oxidation sites excluding steroid dienone is 2. The number of methoxy groups -OCH3 is 1. The number of ether oxygens (including phenoxy) is 8. The average molecular weight is 677 g/mol. The SMILES string of the molecule is COC1=CC(=O)c2c(OC(C)=O)c3c(c(OC(C)=O)c2C1=O)O[C@@]1(Oc2c(cc4cc(C)oc(=O)c4c2OC(C)=O)[C@H]2O[C@H]21)[C@@H]3OC(C)=O. The van der Waals surface area contributed by atoms with Crippen LogP contribution in [0.1, 0.15) is 77.5 Å². The van der Waals surface area contributed by atoms with Gasteiger partial charge in [0.05, 0.1) is 23.8 Å². The van der Waals surface area contributed by atoms with Gasteiger partial charge in [-0.05, 0) is 24.4 Å². The third-order valence-electron chi connectivity index (χ3n) is 8.06. The number of carbonyl (C=O) groups excluding carboxylic acids is 6. The number of hydrogen-bond donors (Lipinski definition) is 0. The summed E-state index contributed by atoms with van der Waals surface area (Å²) in [5.41, 5.74) is -1.92. The quantitative estimate of drug-likeness (QED) is 0.216. The zero-order chi connectivity index (χ0) is 35.3. The highest BCUT2D eigenvalue weighted by atomic mass is 16.8. The summed E-state index contributed by atoms with van der Waals surface area (Å²) in [6.45, 7) is 5.75. The monoisotopic (exact) mass is 676 g/mol. The van der Waals surface area contributed by atoms with Gasteiger partial charge in [0.25, 0.3) is 0 Å². The molecule has 1 fully saturated rings. The molecule has 1 aromatic heterocycles. The van der Waals surface area contributed by atoms with E-state index in [-0.39, 0.29) is 28.2 Å². The minimum atomic E-state index is -2.28. The van der Waals surface area contributed by atoms with Gasteiger partial charge in [0.1, 0.15) is 17.3 Å². The largest absolute Gasteiger partial charge is 0.492 e. The molecule has 3 aliphatic heterocycles. The third kappa shape index (κ3) is 4.66. The Morgan fingerprint density at radius 1 is 0.796 bits per heavy atom. The van der Waals surface area contributed by atoms with Crippen LogP contribution in [0, 0.1) is 6.92 Å². The molecule has 2 aromatic carbocycles. The Hall–Kier alpha value is -6.03. The Morgan fingerprint density at radius 2 is 1.43 bits per heavy atom. The molecule has 0 bridgehead atoms. The lowest BCUT2D eigenvalue weighted by molar-refractivity contribution is -0.205. The fourth-order valence-corrected chi connectivity index (χ4v) is 6.40. The molecule has 4 heterocycles. The molecule has 252 valence electrons. The fourth-order valence-electron chi connectivity index (χ4n) is 6.40. The number of hydrogen-bond acceptors (Lipinski definition) is 16. The van der Waals surface area contributed by atoms with Gasteiger partial charge in [-0.3, -0.25) is 28.8 Å². The van der Waals surface area contributed by atoms with Crippen LogP contribution in [0.2, 0.25) is 0 Å². The van der Waals surface area contributed by atoms with E-state index >= 15 is 0 Å². The molecule has 4 aliphatic rings. The molecule has 16 heteroatoms. The summed E-state index contributed by atoms with van der Waals surface area (Å²) in [5, 5.41) is 0.171. The second-order valence-electron chi connectivity index (χ2n) is 11.5. The first-order chi connectivity index (χ1) is 23.2.